The molecule has 144 valence electrons. The predicted octanol–water partition coefficient (Wildman–Crippen LogP) is 3.48. The number of hydrogen-bond donors (Lipinski definition) is 2. The molecule has 26 heavy (non-hydrogen) atoms. The number of piperidine rings is 1. The number of methoxy groups -OCH3 is 1. The molecule has 8 heteroatoms. The first-order valence-corrected chi connectivity index (χ1v) is 8.54. The molecule has 0 radical (unpaired) electrons. The fourth-order valence-corrected chi connectivity index (χ4v) is 3.54. The van der Waals surface area contributed by atoms with Crippen LogP contribution < -0.4 is 10.6 Å². The SMILES string of the molecule is COCC1(CNC(=O)c2ccc(Cl)c3cccnc23)CCNCC1.Cl.Cl. The van der Waals surface area contributed by atoms with Gasteiger partial charge >= 0.3 is 0 Å². The number of aromatic nitrogens is 1. The number of benzene rings is 1. The molecule has 0 saturated carbocycles. The minimum Gasteiger partial charge on any atom is -0.384 e. The Balaban J connectivity index is 0.00000169. The van der Waals surface area contributed by atoms with Crippen molar-refractivity contribution in [3.8, 4) is 0 Å². The van der Waals surface area contributed by atoms with Gasteiger partial charge in [0.2, 0.25) is 0 Å². The number of hydrogen-bond acceptors (Lipinski definition) is 4. The highest BCUT2D eigenvalue weighted by molar-refractivity contribution is 6.36. The quantitative estimate of drug-likeness (QED) is 0.777. The van der Waals surface area contributed by atoms with Crippen molar-refractivity contribution < 1.29 is 9.53 Å². The van der Waals surface area contributed by atoms with Crippen molar-refractivity contribution in [3.05, 3.63) is 41.0 Å². The number of halogens is 3. The number of rotatable bonds is 5. The number of carbonyl (C=O) groups is 1. The average Bonchev–Trinajstić information content (AvgIpc) is 2.61. The van der Waals surface area contributed by atoms with Gasteiger partial charge in [0.15, 0.2) is 0 Å². The van der Waals surface area contributed by atoms with E-state index in [9.17, 15) is 4.79 Å². The van der Waals surface area contributed by atoms with Crippen molar-refractivity contribution in [2.45, 2.75) is 12.8 Å². The van der Waals surface area contributed by atoms with Crippen LogP contribution >= 0.6 is 36.4 Å². The van der Waals surface area contributed by atoms with Crippen LogP contribution in [0, 0.1) is 5.41 Å². The van der Waals surface area contributed by atoms with Crippen LogP contribution in [-0.4, -0.2) is 44.2 Å². The Kier molecular flexibility index (Phi) is 9.07. The zero-order valence-corrected chi connectivity index (χ0v) is 17.0. The summed E-state index contributed by atoms with van der Waals surface area (Å²) in [5, 5.41) is 7.82. The molecule has 1 amide bonds. The van der Waals surface area contributed by atoms with E-state index in [2.05, 4.69) is 15.6 Å². The van der Waals surface area contributed by atoms with Crippen LogP contribution in [0.25, 0.3) is 10.9 Å². The Hall–Kier alpha value is -1.11. The number of fused-ring (bicyclic) bond motifs is 1. The molecular formula is C18H24Cl3N3O2. The molecule has 2 N–H and O–H groups in total. The minimum absolute atomic E-state index is 0. The second-order valence-electron chi connectivity index (χ2n) is 6.36. The third-order valence-corrected chi connectivity index (χ3v) is 5.03. The summed E-state index contributed by atoms with van der Waals surface area (Å²) in [4.78, 5) is 17.0. The van der Waals surface area contributed by atoms with E-state index in [-0.39, 0.29) is 36.1 Å². The van der Waals surface area contributed by atoms with Gasteiger partial charge in [0.1, 0.15) is 0 Å². The molecule has 0 unspecified atom stereocenters. The van der Waals surface area contributed by atoms with E-state index in [1.54, 1.807) is 25.4 Å². The standard InChI is InChI=1S/C18H22ClN3O2.2ClH/c1-24-12-18(6-9-20-10-7-18)11-22-17(23)14-4-5-15(19)13-3-2-8-21-16(13)14;;/h2-5,8,20H,6-7,9-12H2,1H3,(H,22,23);2*1H. The van der Waals surface area contributed by atoms with Gasteiger partial charge in [0.25, 0.3) is 5.91 Å². The molecule has 2 heterocycles. The van der Waals surface area contributed by atoms with Crippen LogP contribution in [-0.2, 0) is 4.74 Å². The van der Waals surface area contributed by atoms with Crippen molar-refractivity contribution in [2.75, 3.05) is 33.4 Å². The van der Waals surface area contributed by atoms with Crippen molar-refractivity contribution in [2.24, 2.45) is 5.41 Å². The molecule has 0 aliphatic carbocycles. The van der Waals surface area contributed by atoms with Crippen LogP contribution in [0.1, 0.15) is 23.2 Å². The van der Waals surface area contributed by atoms with Crippen molar-refractivity contribution in [3.63, 3.8) is 0 Å². The lowest BCUT2D eigenvalue weighted by Crippen LogP contribution is -2.47. The van der Waals surface area contributed by atoms with Gasteiger partial charge in [-0.15, -0.1) is 24.8 Å². The maximum absolute atomic E-state index is 12.7. The molecule has 0 bridgehead atoms. The molecule has 1 aromatic heterocycles. The van der Waals surface area contributed by atoms with Gasteiger partial charge in [-0.25, -0.2) is 0 Å². The zero-order chi connectivity index (χ0) is 17.0. The van der Waals surface area contributed by atoms with Gasteiger partial charge in [-0.1, -0.05) is 11.6 Å². The first kappa shape index (κ1) is 22.9. The Bertz CT molecular complexity index is 731. The maximum atomic E-state index is 12.7. The van der Waals surface area contributed by atoms with E-state index < -0.39 is 0 Å². The van der Waals surface area contributed by atoms with Gasteiger partial charge in [-0.3, -0.25) is 9.78 Å². The van der Waals surface area contributed by atoms with Crippen LogP contribution in [0.15, 0.2) is 30.5 Å². The fourth-order valence-electron chi connectivity index (χ4n) is 3.32. The average molecular weight is 421 g/mol. The number of pyridine rings is 1. The minimum atomic E-state index is -0.121. The van der Waals surface area contributed by atoms with Crippen molar-refractivity contribution in [1.82, 2.24) is 15.6 Å². The number of nitrogens with zero attached hydrogens (tertiary/aromatic N) is 1. The van der Waals surface area contributed by atoms with Crippen LogP contribution in [0.2, 0.25) is 5.02 Å². The van der Waals surface area contributed by atoms with E-state index >= 15 is 0 Å². The monoisotopic (exact) mass is 419 g/mol. The summed E-state index contributed by atoms with van der Waals surface area (Å²) in [7, 11) is 1.71. The van der Waals surface area contributed by atoms with E-state index in [4.69, 9.17) is 16.3 Å². The first-order valence-electron chi connectivity index (χ1n) is 8.16. The number of ether oxygens (including phenoxy) is 1. The second kappa shape index (κ2) is 10.3. The molecule has 1 aromatic carbocycles. The molecule has 1 aliphatic heterocycles. The lowest BCUT2D eigenvalue weighted by atomic mass is 9.79. The Morgan fingerprint density at radius 2 is 2.04 bits per heavy atom. The fraction of sp³-hybridized carbons (Fsp3) is 0.444. The lowest BCUT2D eigenvalue weighted by molar-refractivity contribution is 0.0512. The van der Waals surface area contributed by atoms with E-state index in [1.165, 1.54) is 0 Å². The van der Waals surface area contributed by atoms with Gasteiger partial charge < -0.3 is 15.4 Å². The largest absolute Gasteiger partial charge is 0.384 e. The second-order valence-corrected chi connectivity index (χ2v) is 6.77. The number of amides is 1. The molecule has 1 aliphatic rings. The Labute approximate surface area is 171 Å². The molecule has 0 spiro atoms. The molecule has 3 rings (SSSR count). The van der Waals surface area contributed by atoms with Crippen molar-refractivity contribution in [1.29, 1.82) is 0 Å². The molecule has 1 saturated heterocycles. The number of carbonyl (C=O) groups excluding carboxylic acids is 1. The summed E-state index contributed by atoms with van der Waals surface area (Å²) in [6, 6.07) is 7.17. The van der Waals surface area contributed by atoms with E-state index in [0.29, 0.717) is 29.3 Å². The lowest BCUT2D eigenvalue weighted by Gasteiger charge is -2.37. The van der Waals surface area contributed by atoms with Gasteiger partial charge in [0.05, 0.1) is 22.7 Å². The van der Waals surface area contributed by atoms with E-state index in [0.717, 1.165) is 31.3 Å². The summed E-state index contributed by atoms with van der Waals surface area (Å²) in [5.41, 5.74) is 1.18. The Morgan fingerprint density at radius 3 is 2.73 bits per heavy atom. The smallest absolute Gasteiger partial charge is 0.253 e. The van der Waals surface area contributed by atoms with Crippen LogP contribution in [0.3, 0.4) is 0 Å². The summed E-state index contributed by atoms with van der Waals surface area (Å²) in [6.45, 7) is 3.14. The van der Waals surface area contributed by atoms with Gasteiger partial charge in [-0.05, 0) is 50.2 Å². The molecule has 0 atom stereocenters. The zero-order valence-electron chi connectivity index (χ0n) is 14.6. The third kappa shape index (κ3) is 4.99. The van der Waals surface area contributed by atoms with Crippen LogP contribution in [0.5, 0.6) is 0 Å². The molecule has 5 nitrogen and oxygen atoms in total. The molecular weight excluding hydrogens is 397 g/mol. The highest BCUT2D eigenvalue weighted by atomic mass is 35.5. The normalized spacial score (nSPS) is 15.6. The van der Waals surface area contributed by atoms with Crippen LogP contribution in [0.4, 0.5) is 0 Å². The molecule has 2 aromatic rings. The first-order chi connectivity index (χ1) is 11.7. The molecule has 1 fully saturated rings. The maximum Gasteiger partial charge on any atom is 0.253 e. The summed E-state index contributed by atoms with van der Waals surface area (Å²) in [6.07, 6.45) is 3.65. The van der Waals surface area contributed by atoms with Crippen molar-refractivity contribution >= 4 is 53.2 Å². The summed E-state index contributed by atoms with van der Waals surface area (Å²) >= 11 is 6.20. The number of nitrogens with one attached hydrogen (secondary N) is 2. The predicted molar refractivity (Wildman–Crippen MR) is 110 cm³/mol. The highest BCUT2D eigenvalue weighted by Crippen LogP contribution is 2.29. The van der Waals surface area contributed by atoms with Gasteiger partial charge in [-0.2, -0.15) is 0 Å². The Morgan fingerprint density at radius 1 is 1.31 bits per heavy atom. The topological polar surface area (TPSA) is 63.2 Å². The third-order valence-electron chi connectivity index (χ3n) is 4.70. The highest BCUT2D eigenvalue weighted by Gasteiger charge is 2.32. The van der Waals surface area contributed by atoms with Gasteiger partial charge in [0, 0.05) is 30.7 Å². The summed E-state index contributed by atoms with van der Waals surface area (Å²) in [5.74, 6) is -0.121. The van der Waals surface area contributed by atoms with E-state index in [1.807, 2.05) is 12.1 Å². The summed E-state index contributed by atoms with van der Waals surface area (Å²) < 4.78 is 5.40.